The first-order valence-corrected chi connectivity index (χ1v) is 6.05. The van der Waals surface area contributed by atoms with Crippen molar-refractivity contribution in [3.05, 3.63) is 37.4 Å². The first-order valence-electron chi connectivity index (χ1n) is 4.06. The van der Waals surface area contributed by atoms with E-state index in [2.05, 4.69) is 15.9 Å². The highest BCUT2D eigenvalue weighted by atomic mass is 127. The first kappa shape index (κ1) is 12.6. The van der Waals surface area contributed by atoms with E-state index in [1.807, 2.05) is 22.6 Å². The number of benzene rings is 1. The van der Waals surface area contributed by atoms with E-state index in [9.17, 15) is 14.9 Å². The zero-order valence-corrected chi connectivity index (χ0v) is 11.5. The third-order valence-electron chi connectivity index (χ3n) is 1.80. The van der Waals surface area contributed by atoms with E-state index in [4.69, 9.17) is 0 Å². The van der Waals surface area contributed by atoms with Crippen LogP contribution in [0.4, 0.5) is 5.69 Å². The van der Waals surface area contributed by atoms with Crippen LogP contribution in [0.1, 0.15) is 17.3 Å². The van der Waals surface area contributed by atoms with Gasteiger partial charge in [-0.05, 0) is 41.6 Å². The van der Waals surface area contributed by atoms with Crippen molar-refractivity contribution in [3.8, 4) is 0 Å². The average molecular weight is 384 g/mol. The Labute approximate surface area is 108 Å². The first-order chi connectivity index (χ1) is 6.95. The van der Waals surface area contributed by atoms with Crippen molar-refractivity contribution >= 4 is 50.0 Å². The van der Waals surface area contributed by atoms with Gasteiger partial charge in [0.05, 0.1) is 18.9 Å². The van der Waals surface area contributed by atoms with E-state index in [1.54, 1.807) is 19.1 Å². The summed E-state index contributed by atoms with van der Waals surface area (Å²) in [6.45, 7) is 1.64. The van der Waals surface area contributed by atoms with Gasteiger partial charge in [0.1, 0.15) is 0 Å². The number of alkyl halides is 1. The summed E-state index contributed by atoms with van der Waals surface area (Å²) in [4.78, 5) is 21.5. The van der Waals surface area contributed by atoms with Crippen LogP contribution in [0, 0.1) is 13.7 Å². The molecule has 1 aromatic rings. The molecule has 15 heavy (non-hydrogen) atoms. The van der Waals surface area contributed by atoms with Crippen molar-refractivity contribution in [2.45, 2.75) is 11.8 Å². The van der Waals surface area contributed by atoms with Gasteiger partial charge in [-0.25, -0.2) is 0 Å². The number of Topliss-reactive ketones (excluding diaryl/α,β-unsaturated/α-hetero) is 1. The van der Waals surface area contributed by atoms with Gasteiger partial charge in [0.2, 0.25) is 0 Å². The van der Waals surface area contributed by atoms with Gasteiger partial charge in [-0.3, -0.25) is 14.9 Å². The van der Waals surface area contributed by atoms with Crippen LogP contribution in [-0.2, 0) is 0 Å². The van der Waals surface area contributed by atoms with Crippen LogP contribution in [0.3, 0.4) is 0 Å². The summed E-state index contributed by atoms with van der Waals surface area (Å²) in [5, 5.41) is 10.8. The van der Waals surface area contributed by atoms with E-state index in [-0.39, 0.29) is 17.0 Å². The van der Waals surface area contributed by atoms with E-state index in [0.29, 0.717) is 3.57 Å². The Kier molecular flexibility index (Phi) is 4.21. The van der Waals surface area contributed by atoms with Crippen molar-refractivity contribution in [1.82, 2.24) is 0 Å². The predicted octanol–water partition coefficient (Wildman–Crippen LogP) is 3.17. The van der Waals surface area contributed by atoms with Crippen LogP contribution >= 0.6 is 38.5 Å². The second-order valence-corrected chi connectivity index (χ2v) is 5.41. The Morgan fingerprint density at radius 2 is 2.20 bits per heavy atom. The molecule has 0 bridgehead atoms. The maximum Gasteiger partial charge on any atom is 0.293 e. The molecule has 0 fully saturated rings. The molecule has 0 N–H and O–H groups in total. The highest BCUT2D eigenvalue weighted by molar-refractivity contribution is 14.1. The molecule has 0 radical (unpaired) electrons. The van der Waals surface area contributed by atoms with Crippen LogP contribution in [-0.4, -0.2) is 15.5 Å². The highest BCUT2D eigenvalue weighted by Crippen LogP contribution is 2.27. The van der Waals surface area contributed by atoms with Crippen molar-refractivity contribution in [1.29, 1.82) is 0 Å². The number of halogens is 2. The van der Waals surface area contributed by atoms with Gasteiger partial charge in [0, 0.05) is 0 Å². The van der Waals surface area contributed by atoms with E-state index >= 15 is 0 Å². The number of hydrogen-bond donors (Lipinski definition) is 0. The summed E-state index contributed by atoms with van der Waals surface area (Å²) in [5.41, 5.74) is 0.0330. The molecule has 0 amide bonds. The van der Waals surface area contributed by atoms with Crippen molar-refractivity contribution in [3.63, 3.8) is 0 Å². The van der Waals surface area contributed by atoms with Crippen LogP contribution in [0.15, 0.2) is 18.2 Å². The number of nitrogens with zero attached hydrogens (tertiary/aromatic N) is 1. The highest BCUT2D eigenvalue weighted by Gasteiger charge is 2.25. The van der Waals surface area contributed by atoms with Crippen molar-refractivity contribution in [2.24, 2.45) is 0 Å². The van der Waals surface area contributed by atoms with Gasteiger partial charge in [-0.1, -0.05) is 22.0 Å². The molecule has 0 aliphatic carbocycles. The van der Waals surface area contributed by atoms with E-state index in [0.717, 1.165) is 0 Å². The quantitative estimate of drug-likeness (QED) is 0.265. The maximum atomic E-state index is 11.7. The van der Waals surface area contributed by atoms with Crippen LogP contribution in [0.2, 0.25) is 0 Å². The number of carbonyl (C=O) groups excluding carboxylic acids is 1. The standard InChI is InChI=1S/C9H7BrINO3/c1-5(10)9(13)6-3-2-4-7(11)8(6)12(14)15/h2-5H,1H3. The van der Waals surface area contributed by atoms with Crippen LogP contribution in [0.5, 0.6) is 0 Å². The number of para-hydroxylation sites is 1. The summed E-state index contributed by atoms with van der Waals surface area (Å²) < 4.78 is 0.469. The Hall–Kier alpha value is -0.500. The number of hydrogen-bond acceptors (Lipinski definition) is 3. The molecule has 80 valence electrons. The lowest BCUT2D eigenvalue weighted by molar-refractivity contribution is -0.386. The normalized spacial score (nSPS) is 12.2. The monoisotopic (exact) mass is 383 g/mol. The Bertz CT molecular complexity index is 420. The van der Waals surface area contributed by atoms with Crippen molar-refractivity contribution in [2.75, 3.05) is 0 Å². The molecule has 1 unspecified atom stereocenters. The number of nitro groups is 1. The summed E-state index contributed by atoms with van der Waals surface area (Å²) in [6.07, 6.45) is 0. The zero-order valence-electron chi connectivity index (χ0n) is 7.74. The van der Waals surface area contributed by atoms with Crippen molar-refractivity contribution < 1.29 is 9.72 Å². The average Bonchev–Trinajstić information content (AvgIpc) is 2.15. The van der Waals surface area contributed by atoms with Gasteiger partial charge in [0.15, 0.2) is 5.78 Å². The molecule has 6 heteroatoms. The Morgan fingerprint density at radius 1 is 1.60 bits per heavy atom. The molecule has 0 heterocycles. The summed E-state index contributed by atoms with van der Waals surface area (Å²) in [5.74, 6) is -0.278. The molecule has 1 aromatic carbocycles. The minimum Gasteiger partial charge on any atom is -0.293 e. The van der Waals surface area contributed by atoms with Gasteiger partial charge in [0.25, 0.3) is 5.69 Å². The van der Waals surface area contributed by atoms with Gasteiger partial charge in [-0.15, -0.1) is 0 Å². The number of ketones is 1. The molecule has 0 aliphatic heterocycles. The third kappa shape index (κ3) is 2.75. The summed E-state index contributed by atoms with van der Waals surface area (Å²) in [6, 6.07) is 4.71. The largest absolute Gasteiger partial charge is 0.293 e. The number of nitro benzene ring substituents is 1. The number of rotatable bonds is 3. The van der Waals surface area contributed by atoms with Crippen LogP contribution in [0.25, 0.3) is 0 Å². The molecule has 0 spiro atoms. The topological polar surface area (TPSA) is 60.2 Å². The SMILES string of the molecule is CC(Br)C(=O)c1cccc(I)c1[N+](=O)[O-]. The van der Waals surface area contributed by atoms with Crippen LogP contribution < -0.4 is 0 Å². The minimum atomic E-state index is -0.523. The summed E-state index contributed by atoms with van der Waals surface area (Å²) in [7, 11) is 0. The lowest BCUT2D eigenvalue weighted by atomic mass is 10.1. The van der Waals surface area contributed by atoms with Gasteiger partial charge in [-0.2, -0.15) is 0 Å². The minimum absolute atomic E-state index is 0.116. The molecule has 1 atom stereocenters. The Morgan fingerprint density at radius 3 is 2.67 bits per heavy atom. The molecule has 0 aromatic heterocycles. The fourth-order valence-corrected chi connectivity index (χ4v) is 2.06. The van der Waals surface area contributed by atoms with E-state index < -0.39 is 9.75 Å². The second kappa shape index (κ2) is 5.02. The Balaban J connectivity index is 3.35. The molecule has 4 nitrogen and oxygen atoms in total. The summed E-state index contributed by atoms with van der Waals surface area (Å²) >= 11 is 4.96. The molecule has 0 saturated carbocycles. The third-order valence-corrected chi connectivity index (χ3v) is 3.08. The lowest BCUT2D eigenvalue weighted by Gasteiger charge is -2.04. The lowest BCUT2D eigenvalue weighted by Crippen LogP contribution is -2.13. The van der Waals surface area contributed by atoms with Gasteiger partial charge >= 0.3 is 0 Å². The molecule has 0 aliphatic rings. The molecular weight excluding hydrogens is 377 g/mol. The fraction of sp³-hybridized carbons (Fsp3) is 0.222. The maximum absolute atomic E-state index is 11.7. The fourth-order valence-electron chi connectivity index (χ4n) is 1.11. The van der Waals surface area contributed by atoms with E-state index in [1.165, 1.54) is 6.07 Å². The zero-order chi connectivity index (χ0) is 11.6. The number of carbonyl (C=O) groups is 1. The molecular formula is C9H7BrINO3. The van der Waals surface area contributed by atoms with Gasteiger partial charge < -0.3 is 0 Å². The second-order valence-electron chi connectivity index (χ2n) is 2.87. The smallest absolute Gasteiger partial charge is 0.293 e. The predicted molar refractivity (Wildman–Crippen MR) is 68.5 cm³/mol. The molecule has 0 saturated heterocycles. The molecule has 1 rings (SSSR count).